The van der Waals surface area contributed by atoms with E-state index in [1.807, 2.05) is 83.4 Å². The zero-order valence-corrected chi connectivity index (χ0v) is 19.6. The molecule has 0 bridgehead atoms. The number of hydrogen-bond donors (Lipinski definition) is 1. The van der Waals surface area contributed by atoms with Gasteiger partial charge in [-0.2, -0.15) is 0 Å². The van der Waals surface area contributed by atoms with Gasteiger partial charge in [-0.3, -0.25) is 14.3 Å². The number of pyridine rings is 1. The predicted molar refractivity (Wildman–Crippen MR) is 137 cm³/mol. The van der Waals surface area contributed by atoms with Crippen LogP contribution in [0.2, 0.25) is 5.02 Å². The van der Waals surface area contributed by atoms with Gasteiger partial charge in [0.2, 0.25) is 5.91 Å². The van der Waals surface area contributed by atoms with Crippen LogP contribution in [-0.4, -0.2) is 31.4 Å². The van der Waals surface area contributed by atoms with Crippen molar-refractivity contribution < 1.29 is 4.79 Å². The first-order valence-electron chi connectivity index (χ1n) is 10.7. The molecular weight excluding hydrogens is 466 g/mol. The second kappa shape index (κ2) is 10.1. The van der Waals surface area contributed by atoms with Crippen LogP contribution in [0.5, 0.6) is 0 Å². The third-order valence-corrected chi connectivity index (χ3v) is 6.51. The highest BCUT2D eigenvalue weighted by molar-refractivity contribution is 7.99. The highest BCUT2D eigenvalue weighted by Crippen LogP contribution is 2.27. The average Bonchev–Trinajstić information content (AvgIpc) is 3.27. The van der Waals surface area contributed by atoms with Crippen molar-refractivity contribution in [1.82, 2.24) is 19.7 Å². The lowest BCUT2D eigenvalue weighted by atomic mass is 10.1. The smallest absolute Gasteiger partial charge is 0.234 e. The van der Waals surface area contributed by atoms with E-state index in [2.05, 4.69) is 20.5 Å². The fourth-order valence-electron chi connectivity index (χ4n) is 3.67. The van der Waals surface area contributed by atoms with Crippen molar-refractivity contribution in [2.75, 3.05) is 11.1 Å². The first-order valence-corrected chi connectivity index (χ1v) is 12.0. The number of halogens is 1. The summed E-state index contributed by atoms with van der Waals surface area (Å²) in [5.41, 5.74) is 2.70. The topological polar surface area (TPSA) is 72.7 Å². The summed E-state index contributed by atoms with van der Waals surface area (Å²) in [5.74, 6) is 0.792. The summed E-state index contributed by atoms with van der Waals surface area (Å²) in [6.45, 7) is 0.543. The van der Waals surface area contributed by atoms with Crippen molar-refractivity contribution in [2.24, 2.45) is 0 Å². The Morgan fingerprint density at radius 3 is 2.59 bits per heavy atom. The maximum Gasteiger partial charge on any atom is 0.234 e. The van der Waals surface area contributed by atoms with E-state index in [0.717, 1.165) is 27.6 Å². The van der Waals surface area contributed by atoms with Gasteiger partial charge >= 0.3 is 0 Å². The molecule has 0 saturated heterocycles. The molecule has 6 nitrogen and oxygen atoms in total. The molecule has 1 amide bonds. The van der Waals surface area contributed by atoms with Gasteiger partial charge in [-0.15, -0.1) is 10.2 Å². The molecule has 0 aliphatic heterocycles. The molecule has 2 heterocycles. The molecule has 3 aromatic carbocycles. The van der Waals surface area contributed by atoms with Gasteiger partial charge in [0.05, 0.1) is 12.3 Å². The van der Waals surface area contributed by atoms with Gasteiger partial charge in [-0.05, 0) is 41.3 Å². The molecule has 0 aliphatic carbocycles. The SMILES string of the molecule is O=C(CSc1nnc(-c2cccnc2)n1Cc1ccc(Cl)cc1)Nc1cccc2ccccc12. The van der Waals surface area contributed by atoms with E-state index in [1.54, 1.807) is 12.4 Å². The lowest BCUT2D eigenvalue weighted by Gasteiger charge is -2.11. The van der Waals surface area contributed by atoms with Gasteiger partial charge < -0.3 is 5.32 Å². The number of thioether (sulfide) groups is 1. The van der Waals surface area contributed by atoms with Crippen molar-refractivity contribution >= 4 is 45.7 Å². The molecule has 0 unspecified atom stereocenters. The lowest BCUT2D eigenvalue weighted by molar-refractivity contribution is -0.113. The number of hydrogen-bond acceptors (Lipinski definition) is 5. The Morgan fingerprint density at radius 1 is 0.941 bits per heavy atom. The number of benzene rings is 3. The maximum atomic E-state index is 12.8. The van der Waals surface area contributed by atoms with Crippen LogP contribution in [0.4, 0.5) is 5.69 Å². The number of amides is 1. The summed E-state index contributed by atoms with van der Waals surface area (Å²) >= 11 is 7.40. The van der Waals surface area contributed by atoms with E-state index in [9.17, 15) is 4.79 Å². The zero-order valence-electron chi connectivity index (χ0n) is 18.1. The fourth-order valence-corrected chi connectivity index (χ4v) is 4.53. The van der Waals surface area contributed by atoms with Gasteiger partial charge in [-0.25, -0.2) is 0 Å². The van der Waals surface area contributed by atoms with E-state index in [-0.39, 0.29) is 11.7 Å². The lowest BCUT2D eigenvalue weighted by Crippen LogP contribution is -2.15. The van der Waals surface area contributed by atoms with E-state index in [4.69, 9.17) is 11.6 Å². The number of nitrogens with zero attached hydrogens (tertiary/aromatic N) is 4. The largest absolute Gasteiger partial charge is 0.325 e. The van der Waals surface area contributed by atoms with Crippen molar-refractivity contribution in [2.45, 2.75) is 11.7 Å². The Hall–Kier alpha value is -3.68. The molecule has 168 valence electrons. The Bertz CT molecular complexity index is 1430. The number of rotatable bonds is 7. The summed E-state index contributed by atoms with van der Waals surface area (Å²) in [4.78, 5) is 17.0. The highest BCUT2D eigenvalue weighted by Gasteiger charge is 2.17. The summed E-state index contributed by atoms with van der Waals surface area (Å²) in [6.07, 6.45) is 3.47. The van der Waals surface area contributed by atoms with Crippen LogP contribution in [0.25, 0.3) is 22.2 Å². The molecular formula is C26H20ClN5OS. The molecule has 0 radical (unpaired) electrons. The van der Waals surface area contributed by atoms with Crippen LogP contribution < -0.4 is 5.32 Å². The van der Waals surface area contributed by atoms with Crippen molar-refractivity contribution in [3.8, 4) is 11.4 Å². The molecule has 0 atom stereocenters. The molecule has 1 N–H and O–H groups in total. The maximum absolute atomic E-state index is 12.8. The Labute approximate surface area is 206 Å². The molecule has 5 aromatic rings. The van der Waals surface area contributed by atoms with Crippen LogP contribution in [0, 0.1) is 0 Å². The molecule has 0 fully saturated rings. The normalized spacial score (nSPS) is 11.0. The monoisotopic (exact) mass is 485 g/mol. The molecule has 0 saturated carbocycles. The Morgan fingerprint density at radius 2 is 1.76 bits per heavy atom. The summed E-state index contributed by atoms with van der Waals surface area (Å²) < 4.78 is 2.00. The molecule has 8 heteroatoms. The number of fused-ring (bicyclic) bond motifs is 1. The van der Waals surface area contributed by atoms with Crippen LogP contribution in [0.1, 0.15) is 5.56 Å². The first kappa shape index (κ1) is 22.1. The highest BCUT2D eigenvalue weighted by atomic mass is 35.5. The van der Waals surface area contributed by atoms with Gasteiger partial charge in [0.25, 0.3) is 0 Å². The van der Waals surface area contributed by atoms with Gasteiger partial charge in [0.15, 0.2) is 11.0 Å². The van der Waals surface area contributed by atoms with E-state index < -0.39 is 0 Å². The second-order valence-corrected chi connectivity index (χ2v) is 9.00. The van der Waals surface area contributed by atoms with Crippen LogP contribution in [-0.2, 0) is 11.3 Å². The summed E-state index contributed by atoms with van der Waals surface area (Å²) in [7, 11) is 0. The third-order valence-electron chi connectivity index (χ3n) is 5.29. The van der Waals surface area contributed by atoms with Crippen molar-refractivity contribution in [3.05, 3.63) is 102 Å². The first-order chi connectivity index (χ1) is 16.7. The minimum absolute atomic E-state index is 0.106. The van der Waals surface area contributed by atoms with Crippen molar-refractivity contribution in [1.29, 1.82) is 0 Å². The fraction of sp³-hybridized carbons (Fsp3) is 0.0769. The number of aromatic nitrogens is 4. The van der Waals surface area contributed by atoms with E-state index in [1.165, 1.54) is 11.8 Å². The Balaban J connectivity index is 1.37. The van der Waals surface area contributed by atoms with Crippen LogP contribution in [0.3, 0.4) is 0 Å². The standard InChI is InChI=1S/C26H20ClN5OS/c27-21-12-10-18(11-13-21)16-32-25(20-7-4-14-28-15-20)30-31-26(32)34-17-24(33)29-23-9-3-6-19-5-1-2-8-22(19)23/h1-15H,16-17H2,(H,29,33). The van der Waals surface area contributed by atoms with E-state index in [0.29, 0.717) is 22.5 Å². The summed E-state index contributed by atoms with van der Waals surface area (Å²) in [6, 6.07) is 25.3. The van der Waals surface area contributed by atoms with Gasteiger partial charge in [0.1, 0.15) is 0 Å². The minimum Gasteiger partial charge on any atom is -0.325 e. The molecule has 34 heavy (non-hydrogen) atoms. The number of anilines is 1. The Kier molecular flexibility index (Phi) is 6.56. The molecule has 0 aliphatic rings. The van der Waals surface area contributed by atoms with Crippen LogP contribution >= 0.6 is 23.4 Å². The van der Waals surface area contributed by atoms with Gasteiger partial charge in [-0.1, -0.05) is 71.9 Å². The second-order valence-electron chi connectivity index (χ2n) is 7.62. The third kappa shape index (κ3) is 4.95. The number of carbonyl (C=O) groups excluding carboxylic acids is 1. The summed E-state index contributed by atoms with van der Waals surface area (Å²) in [5, 5.41) is 15.2. The zero-order chi connectivity index (χ0) is 23.3. The minimum atomic E-state index is -0.106. The molecule has 2 aromatic heterocycles. The van der Waals surface area contributed by atoms with Crippen molar-refractivity contribution in [3.63, 3.8) is 0 Å². The average molecular weight is 486 g/mol. The quantitative estimate of drug-likeness (QED) is 0.289. The van der Waals surface area contributed by atoms with Crippen LogP contribution in [0.15, 0.2) is 96.4 Å². The number of nitrogens with one attached hydrogen (secondary N) is 1. The van der Waals surface area contributed by atoms with E-state index >= 15 is 0 Å². The predicted octanol–water partition coefficient (Wildman–Crippen LogP) is 5.93. The molecule has 0 spiro atoms. The van der Waals surface area contributed by atoms with Gasteiger partial charge in [0, 0.05) is 34.1 Å². The molecule has 5 rings (SSSR count). The number of carbonyl (C=O) groups is 1.